The number of hydrogen-bond donors (Lipinski definition) is 0. The molecule has 1 aliphatic heterocycles. The molecule has 2 heteroatoms. The molecule has 0 amide bonds. The minimum Gasteiger partial charge on any atom is -0.457 e. The highest BCUT2D eigenvalue weighted by Gasteiger charge is 2.45. The lowest BCUT2D eigenvalue weighted by Gasteiger charge is -2.41. The van der Waals surface area contributed by atoms with Crippen molar-refractivity contribution in [1.29, 1.82) is 0 Å². The Labute approximate surface area is 285 Å². The van der Waals surface area contributed by atoms with Gasteiger partial charge in [-0.1, -0.05) is 146 Å². The third-order valence-corrected chi connectivity index (χ3v) is 10.3. The number of ether oxygens (including phenoxy) is 1. The fraction of sp³-hybridized carbons (Fsp3) is 0.0213. The monoisotopic (exact) mass is 625 g/mol. The highest BCUT2D eigenvalue weighted by Crippen LogP contribution is 2.56. The lowest BCUT2D eigenvalue weighted by Crippen LogP contribution is -2.34. The van der Waals surface area contributed by atoms with E-state index in [0.29, 0.717) is 0 Å². The van der Waals surface area contributed by atoms with Gasteiger partial charge < -0.3 is 9.30 Å². The van der Waals surface area contributed by atoms with Crippen LogP contribution in [-0.2, 0) is 5.41 Å². The molecule has 0 N–H and O–H groups in total. The Hall–Kier alpha value is -6.38. The quantitative estimate of drug-likeness (QED) is 0.190. The smallest absolute Gasteiger partial charge is 0.132 e. The first-order valence-electron chi connectivity index (χ1n) is 16.9. The Morgan fingerprint density at radius 3 is 1.80 bits per heavy atom. The summed E-state index contributed by atoms with van der Waals surface area (Å²) in [6, 6.07) is 67.8. The number of para-hydroxylation sites is 2. The minimum atomic E-state index is -0.565. The molecule has 230 valence electrons. The van der Waals surface area contributed by atoms with Gasteiger partial charge in [-0.3, -0.25) is 0 Å². The van der Waals surface area contributed by atoms with Gasteiger partial charge in [0, 0.05) is 27.6 Å². The zero-order valence-electron chi connectivity index (χ0n) is 26.8. The molecule has 0 saturated heterocycles. The zero-order chi connectivity index (χ0) is 32.4. The predicted octanol–water partition coefficient (Wildman–Crippen LogP) is 12.1. The van der Waals surface area contributed by atoms with Crippen molar-refractivity contribution in [2.75, 3.05) is 0 Å². The standard InChI is InChI=1S/C47H31NO/c1-4-15-35(16-5-1)47(36-17-6-2-7-18-36)40-22-12-13-23-44(40)49-45-29-26-33(30-41(45)47)34-24-27-39-43(31-34)48(37-19-8-3-9-20-37)42-28-25-32-14-10-11-21-38(32)46(39)42/h1-31H. The van der Waals surface area contributed by atoms with E-state index in [0.717, 1.165) is 39.4 Å². The fourth-order valence-electron chi connectivity index (χ4n) is 8.21. The van der Waals surface area contributed by atoms with Crippen molar-refractivity contribution in [3.63, 3.8) is 0 Å². The Morgan fingerprint density at radius 1 is 0.408 bits per heavy atom. The summed E-state index contributed by atoms with van der Waals surface area (Å²) < 4.78 is 9.10. The number of fused-ring (bicyclic) bond motifs is 7. The Morgan fingerprint density at radius 2 is 1.02 bits per heavy atom. The van der Waals surface area contributed by atoms with Gasteiger partial charge >= 0.3 is 0 Å². The van der Waals surface area contributed by atoms with Crippen LogP contribution in [0.5, 0.6) is 11.5 Å². The van der Waals surface area contributed by atoms with E-state index in [9.17, 15) is 0 Å². The SMILES string of the molecule is c1ccc(-n2c3cc(-c4ccc5c(c4)C(c4ccccc4)(c4ccccc4)c4ccccc4O5)ccc3c3c4ccccc4ccc32)cc1. The van der Waals surface area contributed by atoms with Crippen LogP contribution in [0.2, 0.25) is 0 Å². The molecule has 0 aliphatic carbocycles. The van der Waals surface area contributed by atoms with Crippen LogP contribution in [-0.4, -0.2) is 4.57 Å². The lowest BCUT2D eigenvalue weighted by molar-refractivity contribution is 0.434. The first-order valence-corrected chi connectivity index (χ1v) is 16.9. The van der Waals surface area contributed by atoms with Crippen molar-refractivity contribution in [2.45, 2.75) is 5.41 Å². The largest absolute Gasteiger partial charge is 0.457 e. The van der Waals surface area contributed by atoms with E-state index >= 15 is 0 Å². The number of nitrogens with zero attached hydrogens (tertiary/aromatic N) is 1. The van der Waals surface area contributed by atoms with E-state index in [2.05, 4.69) is 193 Å². The van der Waals surface area contributed by atoms with E-state index < -0.39 is 5.41 Å². The minimum absolute atomic E-state index is 0.565. The Kier molecular flexibility index (Phi) is 6.13. The normalized spacial score (nSPS) is 13.2. The molecule has 1 aliphatic rings. The van der Waals surface area contributed by atoms with Gasteiger partial charge in [-0.05, 0) is 75.5 Å². The number of aromatic nitrogens is 1. The van der Waals surface area contributed by atoms with E-state index in [4.69, 9.17) is 4.74 Å². The van der Waals surface area contributed by atoms with Crippen LogP contribution >= 0.6 is 0 Å². The van der Waals surface area contributed by atoms with Gasteiger partial charge in [0.05, 0.1) is 16.4 Å². The molecule has 0 unspecified atom stereocenters. The van der Waals surface area contributed by atoms with Gasteiger partial charge in [0.25, 0.3) is 0 Å². The van der Waals surface area contributed by atoms with Crippen LogP contribution in [0.3, 0.4) is 0 Å². The van der Waals surface area contributed by atoms with Gasteiger partial charge in [-0.25, -0.2) is 0 Å². The van der Waals surface area contributed by atoms with Crippen LogP contribution in [0, 0.1) is 0 Å². The number of hydrogen-bond acceptors (Lipinski definition) is 1. The van der Waals surface area contributed by atoms with Crippen molar-refractivity contribution in [2.24, 2.45) is 0 Å². The van der Waals surface area contributed by atoms with Gasteiger partial charge in [-0.15, -0.1) is 0 Å². The summed E-state index contributed by atoms with van der Waals surface area (Å²) >= 11 is 0. The van der Waals surface area contributed by atoms with Crippen molar-refractivity contribution in [3.8, 4) is 28.3 Å². The Balaban J connectivity index is 1.26. The molecule has 2 heterocycles. The molecular formula is C47H31NO. The molecule has 0 bridgehead atoms. The van der Waals surface area contributed by atoms with E-state index in [-0.39, 0.29) is 0 Å². The first-order chi connectivity index (χ1) is 24.3. The molecule has 49 heavy (non-hydrogen) atoms. The zero-order valence-corrected chi connectivity index (χ0v) is 26.8. The van der Waals surface area contributed by atoms with Gasteiger partial charge in [0.2, 0.25) is 0 Å². The molecule has 0 radical (unpaired) electrons. The number of rotatable bonds is 4. The Bertz CT molecular complexity index is 2630. The molecule has 0 atom stereocenters. The molecule has 9 aromatic rings. The van der Waals surface area contributed by atoms with E-state index in [1.807, 2.05) is 0 Å². The van der Waals surface area contributed by atoms with Crippen molar-refractivity contribution in [1.82, 2.24) is 4.57 Å². The van der Waals surface area contributed by atoms with Crippen LogP contribution in [0.15, 0.2) is 188 Å². The summed E-state index contributed by atoms with van der Waals surface area (Å²) in [4.78, 5) is 0. The molecule has 1 aromatic heterocycles. The molecule has 8 aromatic carbocycles. The van der Waals surface area contributed by atoms with E-state index in [1.54, 1.807) is 0 Å². The van der Waals surface area contributed by atoms with E-state index in [1.165, 1.54) is 43.7 Å². The van der Waals surface area contributed by atoms with Gasteiger partial charge in [0.1, 0.15) is 11.5 Å². The molecule has 0 spiro atoms. The summed E-state index contributed by atoms with van der Waals surface area (Å²) in [5.74, 6) is 1.76. The van der Waals surface area contributed by atoms with Crippen LogP contribution < -0.4 is 4.74 Å². The third kappa shape index (κ3) is 4.07. The maximum absolute atomic E-state index is 6.69. The summed E-state index contributed by atoms with van der Waals surface area (Å²) in [6.07, 6.45) is 0. The van der Waals surface area contributed by atoms with Crippen molar-refractivity contribution >= 4 is 32.6 Å². The molecule has 10 rings (SSSR count). The highest BCUT2D eigenvalue weighted by molar-refractivity contribution is 6.21. The summed E-state index contributed by atoms with van der Waals surface area (Å²) in [5.41, 5.74) is 9.99. The van der Waals surface area contributed by atoms with Gasteiger partial charge in [-0.2, -0.15) is 0 Å². The topological polar surface area (TPSA) is 14.2 Å². The van der Waals surface area contributed by atoms with Crippen molar-refractivity contribution in [3.05, 3.63) is 210 Å². The van der Waals surface area contributed by atoms with Crippen LogP contribution in [0.25, 0.3) is 49.4 Å². The fourth-order valence-corrected chi connectivity index (χ4v) is 8.21. The first kappa shape index (κ1) is 27.7. The average molecular weight is 626 g/mol. The summed E-state index contributed by atoms with van der Waals surface area (Å²) in [7, 11) is 0. The molecule has 2 nitrogen and oxygen atoms in total. The second-order valence-corrected chi connectivity index (χ2v) is 12.9. The average Bonchev–Trinajstić information content (AvgIpc) is 3.52. The molecule has 0 fully saturated rings. The molecular weight excluding hydrogens is 595 g/mol. The van der Waals surface area contributed by atoms with Crippen LogP contribution in [0.1, 0.15) is 22.3 Å². The lowest BCUT2D eigenvalue weighted by atomic mass is 9.63. The maximum atomic E-state index is 6.69. The van der Waals surface area contributed by atoms with Gasteiger partial charge in [0.15, 0.2) is 0 Å². The van der Waals surface area contributed by atoms with Crippen molar-refractivity contribution < 1.29 is 4.74 Å². The summed E-state index contributed by atoms with van der Waals surface area (Å²) in [6.45, 7) is 0. The summed E-state index contributed by atoms with van der Waals surface area (Å²) in [5, 5.41) is 5.05. The second kappa shape index (κ2) is 10.8. The number of benzene rings is 8. The maximum Gasteiger partial charge on any atom is 0.132 e. The van der Waals surface area contributed by atoms with Crippen LogP contribution in [0.4, 0.5) is 0 Å². The predicted molar refractivity (Wildman–Crippen MR) is 202 cm³/mol. The second-order valence-electron chi connectivity index (χ2n) is 12.9. The molecule has 0 saturated carbocycles. The third-order valence-electron chi connectivity index (χ3n) is 10.3. The highest BCUT2D eigenvalue weighted by atomic mass is 16.5.